The van der Waals surface area contributed by atoms with E-state index in [-0.39, 0.29) is 41.2 Å². The maximum absolute atomic E-state index is 12.7. The number of hydrogen-bond donors (Lipinski definition) is 0. The number of anilines is 1. The molecule has 112 valence electrons. The quantitative estimate of drug-likeness (QED) is 0.363. The van der Waals surface area contributed by atoms with Crippen LogP contribution in [0.2, 0.25) is 0 Å². The third-order valence-corrected chi connectivity index (χ3v) is 5.08. The van der Waals surface area contributed by atoms with Crippen LogP contribution in [0.25, 0.3) is 0 Å². The molecule has 0 aromatic heterocycles. The second-order valence-electron chi connectivity index (χ2n) is 6.13. The second kappa shape index (κ2) is 4.50. The first-order valence-electron chi connectivity index (χ1n) is 7.38. The molecule has 2 amide bonds. The van der Waals surface area contributed by atoms with Crippen molar-refractivity contribution in [3.8, 4) is 0 Å². The largest absolute Gasteiger partial charge is 0.274 e. The third-order valence-electron chi connectivity index (χ3n) is 5.08. The number of fused-ring (bicyclic) bond motifs is 1. The van der Waals surface area contributed by atoms with Gasteiger partial charge in [0.05, 0.1) is 22.4 Å². The zero-order valence-electron chi connectivity index (χ0n) is 11.7. The minimum absolute atomic E-state index is 0.0537. The van der Waals surface area contributed by atoms with Gasteiger partial charge in [0, 0.05) is 12.1 Å². The van der Waals surface area contributed by atoms with Gasteiger partial charge >= 0.3 is 0 Å². The highest BCUT2D eigenvalue weighted by molar-refractivity contribution is 6.22. The summed E-state index contributed by atoms with van der Waals surface area (Å²) < 4.78 is 0. The molecule has 1 aliphatic heterocycles. The first-order valence-corrected chi connectivity index (χ1v) is 7.38. The van der Waals surface area contributed by atoms with Gasteiger partial charge in [0.2, 0.25) is 11.8 Å². The lowest BCUT2D eigenvalue weighted by Crippen LogP contribution is -2.38. The van der Waals surface area contributed by atoms with Crippen molar-refractivity contribution >= 4 is 23.2 Å². The highest BCUT2D eigenvalue weighted by atomic mass is 16.6. The van der Waals surface area contributed by atoms with Crippen molar-refractivity contribution < 1.29 is 14.5 Å². The fourth-order valence-corrected chi connectivity index (χ4v) is 4.05. The Kier molecular flexibility index (Phi) is 2.69. The SMILES string of the molecule is O=C1[C@@H]2[C@H](C(=O)N1c1ccc([N+](=O)[O-])cc1)[C@@H]1C=C[C@@H]2CC1. The molecule has 3 aliphatic carbocycles. The van der Waals surface area contributed by atoms with Gasteiger partial charge in [-0.2, -0.15) is 0 Å². The summed E-state index contributed by atoms with van der Waals surface area (Å²) in [6.07, 6.45) is 6.05. The van der Waals surface area contributed by atoms with Crippen LogP contribution in [0.5, 0.6) is 0 Å². The van der Waals surface area contributed by atoms with Crippen LogP contribution in [-0.2, 0) is 9.59 Å². The fourth-order valence-electron chi connectivity index (χ4n) is 4.05. The molecule has 22 heavy (non-hydrogen) atoms. The van der Waals surface area contributed by atoms with Gasteiger partial charge in [-0.3, -0.25) is 24.6 Å². The van der Waals surface area contributed by atoms with Crippen LogP contribution >= 0.6 is 0 Å². The molecule has 0 N–H and O–H groups in total. The van der Waals surface area contributed by atoms with Crippen LogP contribution < -0.4 is 4.90 Å². The Labute approximate surface area is 126 Å². The molecule has 1 aromatic rings. The highest BCUT2D eigenvalue weighted by Crippen LogP contribution is 2.50. The van der Waals surface area contributed by atoms with Crippen molar-refractivity contribution in [1.82, 2.24) is 0 Å². The number of nitro groups is 1. The van der Waals surface area contributed by atoms with E-state index in [2.05, 4.69) is 12.2 Å². The number of imide groups is 1. The molecule has 2 bridgehead atoms. The van der Waals surface area contributed by atoms with Crippen molar-refractivity contribution in [3.63, 3.8) is 0 Å². The Bertz CT molecular complexity index is 677. The van der Waals surface area contributed by atoms with E-state index < -0.39 is 4.92 Å². The van der Waals surface area contributed by atoms with Crippen molar-refractivity contribution in [2.45, 2.75) is 12.8 Å². The molecule has 4 aliphatic rings. The maximum Gasteiger partial charge on any atom is 0.269 e. The van der Waals surface area contributed by atoms with Gasteiger partial charge in [-0.25, -0.2) is 0 Å². The fraction of sp³-hybridized carbons (Fsp3) is 0.375. The van der Waals surface area contributed by atoms with E-state index in [4.69, 9.17) is 0 Å². The Morgan fingerprint density at radius 3 is 1.86 bits per heavy atom. The predicted molar refractivity (Wildman–Crippen MR) is 77.9 cm³/mol. The van der Waals surface area contributed by atoms with Gasteiger partial charge in [0.1, 0.15) is 0 Å². The average molecular weight is 298 g/mol. The summed E-state index contributed by atoms with van der Waals surface area (Å²) in [5.74, 6) is -0.548. The number of non-ortho nitro benzene ring substituents is 1. The van der Waals surface area contributed by atoms with Gasteiger partial charge in [-0.05, 0) is 36.8 Å². The molecule has 0 spiro atoms. The van der Waals surface area contributed by atoms with E-state index in [0.717, 1.165) is 12.8 Å². The average Bonchev–Trinajstić information content (AvgIpc) is 2.82. The lowest BCUT2D eigenvalue weighted by atomic mass is 9.63. The van der Waals surface area contributed by atoms with E-state index in [1.54, 1.807) is 0 Å². The van der Waals surface area contributed by atoms with Crippen LogP contribution in [0.3, 0.4) is 0 Å². The minimum Gasteiger partial charge on any atom is -0.274 e. The Hall–Kier alpha value is -2.50. The molecule has 1 saturated carbocycles. The lowest BCUT2D eigenvalue weighted by molar-refractivity contribution is -0.384. The third kappa shape index (κ3) is 1.66. The van der Waals surface area contributed by atoms with Gasteiger partial charge < -0.3 is 0 Å². The standard InChI is InChI=1S/C16H14N2O4/c19-15-13-9-1-2-10(4-3-9)14(13)16(20)17(15)11-5-7-12(8-6-11)18(21)22/h1-2,5-10,13-14H,3-4H2/t9-,10-,13-,14+/m1/s1. The molecule has 0 unspecified atom stereocenters. The van der Waals surface area contributed by atoms with Crippen LogP contribution in [0, 0.1) is 33.8 Å². The minimum atomic E-state index is -0.499. The Morgan fingerprint density at radius 1 is 0.955 bits per heavy atom. The molecular formula is C16H14N2O4. The van der Waals surface area contributed by atoms with E-state index in [0.29, 0.717) is 5.69 Å². The molecule has 1 aromatic carbocycles. The molecule has 2 fully saturated rings. The summed E-state index contributed by atoms with van der Waals surface area (Å²) in [6.45, 7) is 0. The first kappa shape index (κ1) is 13.2. The van der Waals surface area contributed by atoms with E-state index in [1.807, 2.05) is 0 Å². The molecule has 5 rings (SSSR count). The number of nitrogens with zero attached hydrogens (tertiary/aromatic N) is 2. The number of amides is 2. The van der Waals surface area contributed by atoms with E-state index in [9.17, 15) is 19.7 Å². The number of allylic oxidation sites excluding steroid dienone is 2. The molecular weight excluding hydrogens is 284 g/mol. The van der Waals surface area contributed by atoms with E-state index >= 15 is 0 Å². The van der Waals surface area contributed by atoms with Gasteiger partial charge in [-0.1, -0.05) is 12.2 Å². The van der Waals surface area contributed by atoms with Crippen molar-refractivity contribution in [2.75, 3.05) is 4.90 Å². The normalized spacial score (nSPS) is 32.5. The number of benzene rings is 1. The summed E-state index contributed by atoms with van der Waals surface area (Å²) in [6, 6.07) is 5.59. The summed E-state index contributed by atoms with van der Waals surface area (Å²) in [4.78, 5) is 36.8. The number of rotatable bonds is 2. The molecule has 0 radical (unpaired) electrons. The van der Waals surface area contributed by atoms with Crippen LogP contribution in [0.15, 0.2) is 36.4 Å². The molecule has 1 heterocycles. The predicted octanol–water partition coefficient (Wildman–Crippen LogP) is 2.30. The van der Waals surface area contributed by atoms with Gasteiger partial charge in [0.15, 0.2) is 0 Å². The zero-order chi connectivity index (χ0) is 15.4. The molecule has 1 saturated heterocycles. The summed E-state index contributed by atoms with van der Waals surface area (Å²) >= 11 is 0. The van der Waals surface area contributed by atoms with Gasteiger partial charge in [0.25, 0.3) is 5.69 Å². The lowest BCUT2D eigenvalue weighted by Gasteiger charge is -2.38. The number of carbonyl (C=O) groups is 2. The monoisotopic (exact) mass is 298 g/mol. The highest BCUT2D eigenvalue weighted by Gasteiger charge is 2.56. The smallest absolute Gasteiger partial charge is 0.269 e. The summed E-state index contributed by atoms with van der Waals surface area (Å²) in [7, 11) is 0. The molecule has 6 heteroatoms. The summed E-state index contributed by atoms with van der Waals surface area (Å²) in [5.41, 5.74) is 0.372. The number of hydrogen-bond acceptors (Lipinski definition) is 4. The van der Waals surface area contributed by atoms with Crippen molar-refractivity contribution in [1.29, 1.82) is 0 Å². The Morgan fingerprint density at radius 2 is 1.45 bits per heavy atom. The van der Waals surface area contributed by atoms with E-state index in [1.165, 1.54) is 29.2 Å². The molecule has 4 atom stereocenters. The summed E-state index contributed by atoms with van der Waals surface area (Å²) in [5, 5.41) is 10.7. The zero-order valence-corrected chi connectivity index (χ0v) is 11.7. The Balaban J connectivity index is 1.70. The first-order chi connectivity index (χ1) is 10.6. The van der Waals surface area contributed by atoms with Crippen LogP contribution in [-0.4, -0.2) is 16.7 Å². The van der Waals surface area contributed by atoms with Crippen molar-refractivity contribution in [3.05, 3.63) is 46.5 Å². The van der Waals surface area contributed by atoms with Crippen LogP contribution in [0.1, 0.15) is 12.8 Å². The second-order valence-corrected chi connectivity index (χ2v) is 6.13. The topological polar surface area (TPSA) is 80.5 Å². The number of nitro benzene ring substituents is 1. The maximum atomic E-state index is 12.7. The van der Waals surface area contributed by atoms with Crippen LogP contribution in [0.4, 0.5) is 11.4 Å². The van der Waals surface area contributed by atoms with Crippen molar-refractivity contribution in [2.24, 2.45) is 23.7 Å². The molecule has 6 nitrogen and oxygen atoms in total. The number of carbonyl (C=O) groups excluding carboxylic acids is 2. The van der Waals surface area contributed by atoms with Gasteiger partial charge in [-0.15, -0.1) is 0 Å².